The van der Waals surface area contributed by atoms with Crippen molar-refractivity contribution in [3.63, 3.8) is 0 Å². The molecule has 0 spiro atoms. The summed E-state index contributed by atoms with van der Waals surface area (Å²) in [6.45, 7) is 4.67. The van der Waals surface area contributed by atoms with Gasteiger partial charge in [0, 0.05) is 43.3 Å². The first kappa shape index (κ1) is 34.1. The highest BCUT2D eigenvalue weighted by molar-refractivity contribution is 6.13. The van der Waals surface area contributed by atoms with Crippen LogP contribution >= 0.6 is 0 Å². The molecule has 3 heterocycles. The molecule has 0 N–H and O–H groups in total. The molecule has 0 fully saturated rings. The lowest BCUT2D eigenvalue weighted by Crippen LogP contribution is -2.15. The molecule has 0 aliphatic heterocycles. The smallest absolute Gasteiger partial charge is 0.235 e. The molecule has 4 heteroatoms. The summed E-state index contributed by atoms with van der Waals surface area (Å²) < 4.78 is 4.67. The molecule has 0 bridgehead atoms. The van der Waals surface area contributed by atoms with E-state index in [9.17, 15) is 0 Å². The fourth-order valence-corrected chi connectivity index (χ4v) is 10.4. The van der Waals surface area contributed by atoms with Crippen LogP contribution in [0.1, 0.15) is 25.0 Å². The van der Waals surface area contributed by atoms with Crippen molar-refractivity contribution >= 4 is 65.3 Å². The zero-order valence-electron chi connectivity index (χ0n) is 33.8. The summed E-state index contributed by atoms with van der Waals surface area (Å²) in [5.41, 5.74) is 16.2. The molecule has 0 unspecified atom stereocenters. The molecule has 1 aliphatic rings. The lowest BCUT2D eigenvalue weighted by atomic mass is 9.82. The van der Waals surface area contributed by atoms with E-state index >= 15 is 0 Å². The van der Waals surface area contributed by atoms with E-state index < -0.39 is 0 Å². The summed E-state index contributed by atoms with van der Waals surface area (Å²) >= 11 is 0. The molecule has 3 aromatic heterocycles. The minimum absolute atomic E-state index is 0.115. The third kappa shape index (κ3) is 4.87. The Morgan fingerprint density at radius 2 is 0.934 bits per heavy atom. The highest BCUT2D eigenvalue weighted by Gasteiger charge is 2.35. The van der Waals surface area contributed by atoms with Crippen LogP contribution < -0.4 is 0 Å². The van der Waals surface area contributed by atoms with Crippen molar-refractivity contribution in [2.45, 2.75) is 19.3 Å². The fraction of sp³-hybridized carbons (Fsp3) is 0.0526. The second kappa shape index (κ2) is 12.6. The van der Waals surface area contributed by atoms with E-state index in [1.54, 1.807) is 0 Å². The SMILES string of the molecule is CC1(C)c2ccccc2-c2ccc(-c3nc(-n4c5ccccc5c5cc(-c6ccc7c(c6)c6ccccc6n7-c6cccc7ccccc67)ccc54)nc4ccccc34)cc21. The third-order valence-corrected chi connectivity index (χ3v) is 13.3. The molecule has 0 saturated heterocycles. The van der Waals surface area contributed by atoms with Crippen molar-refractivity contribution in [2.75, 3.05) is 0 Å². The van der Waals surface area contributed by atoms with Gasteiger partial charge in [-0.25, -0.2) is 9.97 Å². The molecule has 0 saturated carbocycles. The van der Waals surface area contributed by atoms with Crippen LogP contribution in [0.4, 0.5) is 0 Å². The number of benzene rings is 9. The number of hydrogen-bond donors (Lipinski definition) is 0. The van der Waals surface area contributed by atoms with Crippen LogP contribution in [0.2, 0.25) is 0 Å². The van der Waals surface area contributed by atoms with Crippen LogP contribution in [0.15, 0.2) is 194 Å². The molecule has 0 amide bonds. The average Bonchev–Trinajstić information content (AvgIpc) is 3.90. The number of nitrogens with zero attached hydrogens (tertiary/aromatic N) is 4. The second-order valence-corrected chi connectivity index (χ2v) is 17.0. The van der Waals surface area contributed by atoms with Gasteiger partial charge in [0.25, 0.3) is 0 Å². The van der Waals surface area contributed by atoms with E-state index in [-0.39, 0.29) is 5.41 Å². The van der Waals surface area contributed by atoms with E-state index in [1.165, 1.54) is 82.4 Å². The van der Waals surface area contributed by atoms with Crippen LogP contribution in [-0.2, 0) is 5.41 Å². The summed E-state index contributed by atoms with van der Waals surface area (Å²) in [6, 6.07) is 70.6. The average molecular weight is 779 g/mol. The first-order chi connectivity index (χ1) is 30.0. The Morgan fingerprint density at radius 3 is 1.70 bits per heavy atom. The van der Waals surface area contributed by atoms with E-state index in [2.05, 4.69) is 217 Å². The Balaban J connectivity index is 0.979. The normalized spacial score (nSPS) is 13.2. The minimum Gasteiger partial charge on any atom is -0.309 e. The number of rotatable bonds is 4. The molecule has 1 aliphatic carbocycles. The molecule has 0 radical (unpaired) electrons. The maximum absolute atomic E-state index is 5.48. The van der Waals surface area contributed by atoms with Gasteiger partial charge in [0.05, 0.1) is 39.0 Å². The standard InChI is InChI=1S/C57H38N4/c1-57(2)47-21-9-5-17-40(47)41-29-26-38(34-48(41)57)55-44-20-6-10-22-49(44)58-56(59-55)61-52-24-12-8-19-43(52)46-33-37(28-31-54(46)61)36-27-30-53-45(32-36)42-18-7-11-23-51(42)60(53)50-25-13-15-35-14-3-4-16-39(35)50/h3-34H,1-2H3. The van der Waals surface area contributed by atoms with Crippen LogP contribution in [-0.4, -0.2) is 19.1 Å². The topological polar surface area (TPSA) is 35.6 Å². The van der Waals surface area contributed by atoms with Gasteiger partial charge >= 0.3 is 0 Å². The molecule has 0 atom stereocenters. The van der Waals surface area contributed by atoms with Crippen molar-refractivity contribution < 1.29 is 0 Å². The molecular formula is C57H38N4. The number of aromatic nitrogens is 4. The quantitative estimate of drug-likeness (QED) is 0.178. The van der Waals surface area contributed by atoms with Crippen LogP contribution in [0.5, 0.6) is 0 Å². The molecule has 4 nitrogen and oxygen atoms in total. The van der Waals surface area contributed by atoms with Gasteiger partial charge in [-0.1, -0.05) is 153 Å². The molecular weight excluding hydrogens is 741 g/mol. The predicted octanol–water partition coefficient (Wildman–Crippen LogP) is 14.6. The molecule has 286 valence electrons. The van der Waals surface area contributed by atoms with Crippen molar-refractivity contribution in [3.05, 3.63) is 205 Å². The van der Waals surface area contributed by atoms with Crippen molar-refractivity contribution in [1.29, 1.82) is 0 Å². The molecule has 61 heavy (non-hydrogen) atoms. The van der Waals surface area contributed by atoms with Gasteiger partial charge in [0.2, 0.25) is 5.95 Å². The van der Waals surface area contributed by atoms with E-state index in [1.807, 2.05) is 0 Å². The Bertz CT molecular complexity index is 3800. The first-order valence-corrected chi connectivity index (χ1v) is 21.1. The number of para-hydroxylation sites is 3. The van der Waals surface area contributed by atoms with Gasteiger partial charge in [0.1, 0.15) is 0 Å². The molecule has 12 aromatic rings. The Labute approximate surface area is 352 Å². The van der Waals surface area contributed by atoms with Crippen molar-refractivity contribution in [3.8, 4) is 45.1 Å². The maximum atomic E-state index is 5.48. The lowest BCUT2D eigenvalue weighted by Gasteiger charge is -2.22. The van der Waals surface area contributed by atoms with E-state index in [0.29, 0.717) is 5.95 Å². The monoisotopic (exact) mass is 778 g/mol. The second-order valence-electron chi connectivity index (χ2n) is 17.0. The van der Waals surface area contributed by atoms with Gasteiger partial charge in [-0.3, -0.25) is 4.57 Å². The van der Waals surface area contributed by atoms with Gasteiger partial charge < -0.3 is 4.57 Å². The van der Waals surface area contributed by atoms with E-state index in [0.717, 1.165) is 33.2 Å². The summed E-state index contributed by atoms with van der Waals surface area (Å²) in [7, 11) is 0. The van der Waals surface area contributed by atoms with Gasteiger partial charge in [-0.05, 0) is 93.4 Å². The minimum atomic E-state index is -0.115. The first-order valence-electron chi connectivity index (χ1n) is 21.1. The highest BCUT2D eigenvalue weighted by Crippen LogP contribution is 2.50. The Kier molecular flexibility index (Phi) is 7.04. The molecule has 13 rings (SSSR count). The van der Waals surface area contributed by atoms with Crippen LogP contribution in [0.25, 0.3) is 110 Å². The summed E-state index contributed by atoms with van der Waals surface area (Å²) in [5.74, 6) is 0.665. The zero-order chi connectivity index (χ0) is 40.4. The number of hydrogen-bond acceptors (Lipinski definition) is 2. The van der Waals surface area contributed by atoms with Crippen LogP contribution in [0.3, 0.4) is 0 Å². The molecule has 9 aromatic carbocycles. The summed E-state index contributed by atoms with van der Waals surface area (Å²) in [5, 5.41) is 8.33. The lowest BCUT2D eigenvalue weighted by molar-refractivity contribution is 0.660. The summed E-state index contributed by atoms with van der Waals surface area (Å²) in [6.07, 6.45) is 0. The predicted molar refractivity (Wildman–Crippen MR) is 254 cm³/mol. The van der Waals surface area contributed by atoms with Crippen LogP contribution in [0, 0.1) is 0 Å². The van der Waals surface area contributed by atoms with E-state index in [4.69, 9.17) is 9.97 Å². The zero-order valence-corrected chi connectivity index (χ0v) is 33.8. The number of fused-ring (bicyclic) bond motifs is 11. The Hall–Kier alpha value is -7.82. The highest BCUT2D eigenvalue weighted by atomic mass is 15.2. The van der Waals surface area contributed by atoms with Crippen molar-refractivity contribution in [1.82, 2.24) is 19.1 Å². The largest absolute Gasteiger partial charge is 0.309 e. The van der Waals surface area contributed by atoms with Crippen molar-refractivity contribution in [2.24, 2.45) is 0 Å². The fourth-order valence-electron chi connectivity index (χ4n) is 10.4. The maximum Gasteiger partial charge on any atom is 0.235 e. The summed E-state index contributed by atoms with van der Waals surface area (Å²) in [4.78, 5) is 10.8. The van der Waals surface area contributed by atoms with Gasteiger partial charge in [-0.2, -0.15) is 0 Å². The Morgan fingerprint density at radius 1 is 0.377 bits per heavy atom. The van der Waals surface area contributed by atoms with Gasteiger partial charge in [0.15, 0.2) is 0 Å². The third-order valence-electron chi connectivity index (χ3n) is 13.3. The van der Waals surface area contributed by atoms with Gasteiger partial charge in [-0.15, -0.1) is 0 Å².